The Balaban J connectivity index is 0. The Morgan fingerprint density at radius 3 is 2.00 bits per heavy atom. The Hall–Kier alpha value is -3.97. The number of carboxylic acids is 1. The van der Waals surface area contributed by atoms with Crippen molar-refractivity contribution in [2.45, 2.75) is 13.8 Å². The number of rotatable bonds is 7. The van der Waals surface area contributed by atoms with E-state index in [4.69, 9.17) is 16.2 Å². The van der Waals surface area contributed by atoms with E-state index in [1.807, 2.05) is 36.4 Å². The van der Waals surface area contributed by atoms with Gasteiger partial charge in [-0.3, -0.25) is 10.2 Å². The van der Waals surface area contributed by atoms with Crippen LogP contribution in [0.2, 0.25) is 0 Å². The number of aromatic carboxylic acids is 1. The van der Waals surface area contributed by atoms with Crippen LogP contribution in [-0.4, -0.2) is 52.0 Å². The topological polar surface area (TPSA) is 209 Å². The summed E-state index contributed by atoms with van der Waals surface area (Å²) in [5.74, 6) is -3.72. The minimum atomic E-state index is -1.22. The Bertz CT molecular complexity index is 1320. The van der Waals surface area contributed by atoms with Crippen LogP contribution >= 0.6 is 12.4 Å². The molecule has 0 aliphatic rings. The first-order valence-electron chi connectivity index (χ1n) is 11.1. The van der Waals surface area contributed by atoms with Gasteiger partial charge in [0.2, 0.25) is 0 Å². The van der Waals surface area contributed by atoms with Crippen molar-refractivity contribution in [3.63, 3.8) is 0 Å². The maximum Gasteiger partial charge on any atom is 1.00 e. The van der Waals surface area contributed by atoms with Crippen LogP contribution in [0.15, 0.2) is 83.4 Å². The standard InChI is InChI=1S/C11H8N2O3.C8H12O5.C7H8N2.ClH.Na/c14-9-6-8(11(15)16)12-10(13-9)7-4-2-1-3-5-7;1-3-12-7(10)5-6(9)8(11)13-4-2;8-7(9)6-4-2-1-3-5-6;;/h1-6H,(H,15,16)(H,12,13,14);5,9H,3-4H2,1-2H3;1-5H,(H3,8,9);1H;/q;;;;+1/p-1/b;6-5-;;;. The van der Waals surface area contributed by atoms with Gasteiger partial charge in [-0.15, -0.1) is 12.4 Å². The van der Waals surface area contributed by atoms with Crippen molar-refractivity contribution in [3.8, 4) is 11.4 Å². The van der Waals surface area contributed by atoms with E-state index < -0.39 is 29.2 Å². The van der Waals surface area contributed by atoms with E-state index in [2.05, 4.69) is 19.4 Å². The van der Waals surface area contributed by atoms with Crippen LogP contribution in [0.4, 0.5) is 0 Å². The number of halogens is 1. The number of carbonyl (C=O) groups is 3. The zero-order chi connectivity index (χ0) is 28.5. The van der Waals surface area contributed by atoms with Crippen molar-refractivity contribution in [3.05, 3.63) is 100 Å². The van der Waals surface area contributed by atoms with Crippen LogP contribution < -0.4 is 46.0 Å². The van der Waals surface area contributed by atoms with E-state index >= 15 is 0 Å². The predicted molar refractivity (Wildman–Crippen MR) is 143 cm³/mol. The molecule has 0 aliphatic heterocycles. The van der Waals surface area contributed by atoms with E-state index in [9.17, 15) is 24.3 Å². The maximum absolute atomic E-state index is 11.2. The summed E-state index contributed by atoms with van der Waals surface area (Å²) in [6.07, 6.45) is 0.571. The van der Waals surface area contributed by atoms with Crippen LogP contribution in [0.25, 0.3) is 11.4 Å². The number of nitrogens with two attached hydrogens (primary N) is 1. The predicted octanol–water partition coefficient (Wildman–Crippen LogP) is -1.11. The summed E-state index contributed by atoms with van der Waals surface area (Å²) >= 11 is 0. The molecule has 1 heterocycles. The largest absolute Gasteiger partial charge is 1.00 e. The number of nitrogens with zero attached hydrogens (tertiary/aromatic N) is 1. The molecule has 0 saturated heterocycles. The van der Waals surface area contributed by atoms with Gasteiger partial charge in [0.15, 0.2) is 5.69 Å². The van der Waals surface area contributed by atoms with Gasteiger partial charge >= 0.3 is 47.5 Å². The van der Waals surface area contributed by atoms with Gasteiger partial charge in [0.1, 0.15) is 11.7 Å². The third-order valence-electron chi connectivity index (χ3n) is 4.10. The van der Waals surface area contributed by atoms with Crippen molar-refractivity contribution in [2.75, 3.05) is 13.2 Å². The molecule has 2 aromatic carbocycles. The molecule has 208 valence electrons. The molecular formula is C26H28ClN4NaO8. The number of carbonyl (C=O) groups excluding carboxylic acids is 2. The average Bonchev–Trinajstić information content (AvgIpc) is 2.90. The molecule has 14 heteroatoms. The van der Waals surface area contributed by atoms with Gasteiger partial charge in [-0.05, 0) is 19.6 Å². The SMILES string of the molecule is CCOC(=O)/C=C(\[O-])C(=O)OCC.Cl.N=C(N)c1ccccc1.O=C(O)c1cc(=O)[nH]c(-c2ccccc2)n1.[Na+]. The quantitative estimate of drug-likeness (QED) is 0.0659. The van der Waals surface area contributed by atoms with Gasteiger partial charge in [0.25, 0.3) is 5.56 Å². The van der Waals surface area contributed by atoms with E-state index in [1.165, 1.54) is 0 Å². The second kappa shape index (κ2) is 20.9. The molecule has 0 atom stereocenters. The molecule has 0 unspecified atom stereocenters. The number of amidine groups is 1. The Morgan fingerprint density at radius 2 is 1.55 bits per heavy atom. The number of benzene rings is 2. The number of H-pyrrole nitrogens is 1. The van der Waals surface area contributed by atoms with Crippen LogP contribution in [0.1, 0.15) is 29.9 Å². The molecule has 0 saturated carbocycles. The molecule has 0 spiro atoms. The number of hydrogen-bond acceptors (Lipinski definition) is 9. The van der Waals surface area contributed by atoms with Gasteiger partial charge in [-0.2, -0.15) is 0 Å². The van der Waals surface area contributed by atoms with Gasteiger partial charge in [-0.25, -0.2) is 19.4 Å². The summed E-state index contributed by atoms with van der Waals surface area (Å²) in [4.78, 5) is 49.6. The minimum absolute atomic E-state index is 0. The minimum Gasteiger partial charge on any atom is -0.867 e. The average molecular weight is 583 g/mol. The number of carboxylic acid groups (broad SMARTS) is 1. The molecule has 12 nitrogen and oxygen atoms in total. The number of aromatic amines is 1. The first-order valence-corrected chi connectivity index (χ1v) is 11.1. The second-order valence-electron chi connectivity index (χ2n) is 6.91. The molecule has 0 aliphatic carbocycles. The fourth-order valence-electron chi connectivity index (χ4n) is 2.47. The Kier molecular flexibility index (Phi) is 20.0. The van der Waals surface area contributed by atoms with E-state index in [1.54, 1.807) is 38.1 Å². The summed E-state index contributed by atoms with van der Waals surface area (Å²) in [5, 5.41) is 26.6. The van der Waals surface area contributed by atoms with Crippen molar-refractivity contribution >= 4 is 36.2 Å². The summed E-state index contributed by atoms with van der Waals surface area (Å²) < 4.78 is 8.77. The van der Waals surface area contributed by atoms with Crippen LogP contribution in [0.5, 0.6) is 0 Å². The fraction of sp³-hybridized carbons (Fsp3) is 0.154. The first-order chi connectivity index (χ1) is 18.1. The van der Waals surface area contributed by atoms with Crippen LogP contribution in [-0.2, 0) is 19.1 Å². The molecule has 5 N–H and O–H groups in total. The zero-order valence-electron chi connectivity index (χ0n) is 22.1. The van der Waals surface area contributed by atoms with Crippen LogP contribution in [0, 0.1) is 5.41 Å². The zero-order valence-corrected chi connectivity index (χ0v) is 24.9. The number of ether oxygens (including phenoxy) is 2. The Morgan fingerprint density at radius 1 is 1.02 bits per heavy atom. The van der Waals surface area contributed by atoms with E-state index in [0.717, 1.165) is 11.6 Å². The normalized spacial score (nSPS) is 9.50. The van der Waals surface area contributed by atoms with Gasteiger partial charge in [0.05, 0.1) is 13.2 Å². The van der Waals surface area contributed by atoms with Crippen molar-refractivity contribution in [1.29, 1.82) is 5.41 Å². The van der Waals surface area contributed by atoms with Gasteiger partial charge < -0.3 is 30.4 Å². The third kappa shape index (κ3) is 14.8. The third-order valence-corrected chi connectivity index (χ3v) is 4.10. The molecule has 0 amide bonds. The Labute approximate surface area is 258 Å². The molecule has 3 rings (SSSR count). The second-order valence-corrected chi connectivity index (χ2v) is 6.91. The number of hydrogen-bond donors (Lipinski definition) is 4. The van der Waals surface area contributed by atoms with Gasteiger partial charge in [0, 0.05) is 23.3 Å². The molecule has 0 fully saturated rings. The summed E-state index contributed by atoms with van der Waals surface area (Å²) in [6, 6.07) is 19.0. The maximum atomic E-state index is 11.2. The van der Waals surface area contributed by atoms with Gasteiger partial charge in [-0.1, -0.05) is 60.7 Å². The smallest absolute Gasteiger partial charge is 0.867 e. The number of nitrogens with one attached hydrogen (secondary N) is 2. The monoisotopic (exact) mass is 582 g/mol. The van der Waals surface area contributed by atoms with Crippen molar-refractivity contribution < 1.29 is 63.6 Å². The number of esters is 2. The number of aromatic nitrogens is 2. The molecule has 1 aromatic heterocycles. The number of nitrogen functional groups attached to an aromatic ring is 1. The van der Waals surface area contributed by atoms with Crippen LogP contribution in [0.3, 0.4) is 0 Å². The summed E-state index contributed by atoms with van der Waals surface area (Å²) in [5.41, 5.74) is 5.90. The molecule has 0 bridgehead atoms. The summed E-state index contributed by atoms with van der Waals surface area (Å²) in [7, 11) is 0. The van der Waals surface area contributed by atoms with E-state index in [-0.39, 0.29) is 72.5 Å². The molecule has 3 aromatic rings. The van der Waals surface area contributed by atoms with E-state index in [0.29, 0.717) is 11.6 Å². The van der Waals surface area contributed by atoms with Crippen molar-refractivity contribution in [2.24, 2.45) is 5.73 Å². The fourth-order valence-corrected chi connectivity index (χ4v) is 2.47. The summed E-state index contributed by atoms with van der Waals surface area (Å²) in [6.45, 7) is 3.42. The molecular weight excluding hydrogens is 555 g/mol. The first kappa shape index (κ1) is 38.2. The van der Waals surface area contributed by atoms with Crippen molar-refractivity contribution in [1.82, 2.24) is 9.97 Å². The molecule has 0 radical (unpaired) electrons. The molecule has 40 heavy (non-hydrogen) atoms.